The van der Waals surface area contributed by atoms with Crippen molar-refractivity contribution in [2.75, 3.05) is 14.7 Å². The largest absolute Gasteiger partial charge is 0.456 e. The summed E-state index contributed by atoms with van der Waals surface area (Å²) in [4.78, 5) is 7.18. The zero-order valence-corrected chi connectivity index (χ0v) is 69.8. The number of hydrogen-bond donors (Lipinski definition) is 0. The molecule has 0 N–H and O–H groups in total. The first-order valence-corrected chi connectivity index (χ1v) is 45.4. The zero-order chi connectivity index (χ0) is 81.7. The molecule has 0 spiro atoms. The molecule has 19 aromatic rings. The Bertz CT molecular complexity index is 7150. The van der Waals surface area contributed by atoms with Crippen LogP contribution >= 0.6 is 0 Å². The molecule has 26 rings (SSSR count). The predicted molar refractivity (Wildman–Crippen MR) is 514 cm³/mol. The maximum atomic E-state index is 6.18. The molecule has 0 amide bonds. The Hall–Kier alpha value is -13.7. The molecule has 6 bridgehead atoms. The van der Waals surface area contributed by atoms with Gasteiger partial charge < -0.3 is 28.0 Å². The van der Waals surface area contributed by atoms with Gasteiger partial charge in [0, 0.05) is 83.5 Å². The zero-order valence-electron chi connectivity index (χ0n) is 69.8. The van der Waals surface area contributed by atoms with Crippen LogP contribution in [0, 0.1) is 35.5 Å². The van der Waals surface area contributed by atoms with Gasteiger partial charge in [-0.15, -0.1) is 0 Å². The maximum Gasteiger partial charge on any atom is 0.135 e. The van der Waals surface area contributed by atoms with E-state index in [9.17, 15) is 0 Å². The van der Waals surface area contributed by atoms with Gasteiger partial charge in [-0.3, -0.25) is 0 Å². The molecule has 6 heteroatoms. The lowest BCUT2D eigenvalue weighted by Crippen LogP contribution is -2.12. The maximum absolute atomic E-state index is 6.18. The van der Waals surface area contributed by atoms with Gasteiger partial charge in [0.05, 0.1) is 0 Å². The van der Waals surface area contributed by atoms with E-state index in [1.165, 1.54) is 172 Å². The number of hydrogen-bond acceptors (Lipinski definition) is 6. The summed E-state index contributed by atoms with van der Waals surface area (Å²) in [5.74, 6) is 7.73. The standard InChI is InChI=1S/C43H35NO.C38H31NO.C37H31NO/c1-2-6-30(7-3-1)31-12-14-32(15-13-31)33-16-20-36(21-17-33)44(37-22-18-34(19-23-37)40-27-29-10-11-35(40)26-29)38-24-25-43-41(28-38)39-8-4-5-9-42(39)45-43;1-2-6-32-26(5-1)21-28-22-30(15-17-33(28)32)39(29-13-11-25(12-14-29)35-20-24-9-10-27(35)19-24)31-16-18-38-36(23-31)34-7-3-4-8-37(34)40-38;1-2-6-26(7-3-1)27-12-16-30(17-13-27)38(31-18-14-28(15-19-31)34-23-25-10-11-29(34)22-25)32-20-21-37-35(24-32)33-8-4-5-9-36(33)39-37/h1-9,12-25,28-29,35,40H,10-11,26-27H2;1-8,11-18,22-24,27,35H,9-10,19-21H2;1-9,12-21,24-25,29,34H,10-11,22-23H2. The van der Waals surface area contributed by atoms with Crippen LogP contribution in [0.4, 0.5) is 51.2 Å². The molecule has 0 saturated heterocycles. The van der Waals surface area contributed by atoms with E-state index in [1.807, 2.05) is 30.3 Å². The van der Waals surface area contributed by atoms with E-state index in [1.54, 1.807) is 0 Å². The molecule has 124 heavy (non-hydrogen) atoms. The third-order valence-corrected chi connectivity index (χ3v) is 29.5. The second kappa shape index (κ2) is 31.3. The average molecular weight is 1610 g/mol. The van der Waals surface area contributed by atoms with E-state index in [0.717, 1.165) is 154 Å². The van der Waals surface area contributed by atoms with Crippen molar-refractivity contribution in [2.45, 2.75) is 101 Å². The number of anilines is 9. The third-order valence-electron chi connectivity index (χ3n) is 29.5. The summed E-state index contributed by atoms with van der Waals surface area (Å²) >= 11 is 0. The van der Waals surface area contributed by atoms with Crippen LogP contribution in [0.3, 0.4) is 0 Å². The van der Waals surface area contributed by atoms with Crippen LogP contribution in [0.1, 0.15) is 123 Å². The van der Waals surface area contributed by atoms with Crippen molar-refractivity contribution in [3.63, 3.8) is 0 Å². The van der Waals surface area contributed by atoms with Gasteiger partial charge in [-0.2, -0.15) is 0 Å². The summed E-state index contributed by atoms with van der Waals surface area (Å²) in [5.41, 5.74) is 33.5. The van der Waals surface area contributed by atoms with Gasteiger partial charge in [0.15, 0.2) is 0 Å². The van der Waals surface area contributed by atoms with Crippen molar-refractivity contribution in [3.8, 4) is 44.5 Å². The Balaban J connectivity index is 0.000000105. The molecule has 602 valence electrons. The smallest absolute Gasteiger partial charge is 0.135 e. The molecule has 7 aliphatic rings. The number of furan rings is 3. The molecule has 6 saturated carbocycles. The number of fused-ring (bicyclic) bond motifs is 18. The normalized spacial score (nSPS) is 19.9. The van der Waals surface area contributed by atoms with E-state index in [4.69, 9.17) is 13.3 Å². The van der Waals surface area contributed by atoms with Gasteiger partial charge in [0.1, 0.15) is 33.5 Å². The molecule has 16 aromatic carbocycles. The number of para-hydroxylation sites is 3. The fourth-order valence-corrected chi connectivity index (χ4v) is 23.5. The van der Waals surface area contributed by atoms with Crippen LogP contribution in [0.25, 0.3) is 110 Å². The highest BCUT2D eigenvalue weighted by molar-refractivity contribution is 6.09. The summed E-state index contributed by atoms with van der Waals surface area (Å²) in [6.45, 7) is 0. The van der Waals surface area contributed by atoms with Crippen molar-refractivity contribution < 1.29 is 13.3 Å². The molecule has 9 unspecified atom stereocenters. The Morgan fingerprint density at radius 1 is 0.194 bits per heavy atom. The molecule has 0 aliphatic heterocycles. The SMILES string of the molecule is c1ccc(-c2ccc(-c3ccc(N(c4ccc(C5CC6CCC5C6)cc4)c4ccc5oc6ccccc6c5c4)cc3)cc2)cc1.c1ccc(-c2ccc(N(c3ccc(C4CC5CCC4C5)cc3)c3ccc4oc5ccccc5c4c3)cc2)cc1.c1ccc2c(c1)Cc1cc(N(c3ccc(C4CC5CCC4C5)cc3)c3ccc4oc5ccccc5c4c3)ccc1-2. The Kier molecular flexibility index (Phi) is 18.7. The predicted octanol–water partition coefficient (Wildman–Crippen LogP) is 33.5. The Morgan fingerprint density at radius 2 is 0.468 bits per heavy atom. The first-order chi connectivity index (χ1) is 61.3. The Labute approximate surface area is 725 Å². The fourth-order valence-electron chi connectivity index (χ4n) is 23.5. The van der Waals surface area contributed by atoms with Gasteiger partial charge in [-0.25, -0.2) is 0 Å². The topological polar surface area (TPSA) is 49.1 Å². The summed E-state index contributed by atoms with van der Waals surface area (Å²) < 4.78 is 18.5. The highest BCUT2D eigenvalue weighted by Crippen LogP contribution is 2.57. The van der Waals surface area contributed by atoms with Crippen LogP contribution in [-0.2, 0) is 6.42 Å². The van der Waals surface area contributed by atoms with Crippen molar-refractivity contribution in [1.29, 1.82) is 0 Å². The first-order valence-electron chi connectivity index (χ1n) is 45.4. The summed E-state index contributed by atoms with van der Waals surface area (Å²) in [6, 6.07) is 137. The fraction of sp³-hybridized carbons (Fsp3) is 0.186. The van der Waals surface area contributed by atoms with Crippen molar-refractivity contribution >= 4 is 117 Å². The lowest BCUT2D eigenvalue weighted by Gasteiger charge is -2.27. The lowest BCUT2D eigenvalue weighted by molar-refractivity contribution is 0.420. The van der Waals surface area contributed by atoms with Crippen LogP contribution < -0.4 is 14.7 Å². The van der Waals surface area contributed by atoms with E-state index < -0.39 is 0 Å². The molecule has 3 heterocycles. The summed E-state index contributed by atoms with van der Waals surface area (Å²) in [5, 5.41) is 6.91. The van der Waals surface area contributed by atoms with Gasteiger partial charge >= 0.3 is 0 Å². The van der Waals surface area contributed by atoms with Crippen LogP contribution in [-0.4, -0.2) is 0 Å². The van der Waals surface area contributed by atoms with Crippen molar-refractivity contribution in [2.24, 2.45) is 35.5 Å². The third kappa shape index (κ3) is 13.7. The monoisotopic (exact) mass is 1600 g/mol. The minimum absolute atomic E-state index is 0.729. The molecule has 9 atom stereocenters. The van der Waals surface area contributed by atoms with Crippen LogP contribution in [0.5, 0.6) is 0 Å². The molecular formula is C118H97N3O3. The van der Waals surface area contributed by atoms with Crippen LogP contribution in [0.15, 0.2) is 389 Å². The summed E-state index contributed by atoms with van der Waals surface area (Å²) in [7, 11) is 0. The van der Waals surface area contributed by atoms with E-state index in [2.05, 4.69) is 360 Å². The van der Waals surface area contributed by atoms with Crippen molar-refractivity contribution in [1.82, 2.24) is 0 Å². The molecular weight excluding hydrogens is 1510 g/mol. The molecule has 6 nitrogen and oxygen atoms in total. The molecule has 0 radical (unpaired) electrons. The van der Waals surface area contributed by atoms with Crippen LogP contribution in [0.2, 0.25) is 0 Å². The van der Waals surface area contributed by atoms with Crippen molar-refractivity contribution in [3.05, 3.63) is 404 Å². The lowest BCUT2D eigenvalue weighted by atomic mass is 9.83. The molecule has 3 aromatic heterocycles. The van der Waals surface area contributed by atoms with Gasteiger partial charge in [0.2, 0.25) is 0 Å². The summed E-state index contributed by atoms with van der Waals surface area (Å²) in [6.07, 6.45) is 18.0. The quantitative estimate of drug-likeness (QED) is 0.102. The number of rotatable bonds is 15. The van der Waals surface area contributed by atoms with E-state index >= 15 is 0 Å². The highest BCUT2D eigenvalue weighted by atomic mass is 16.3. The van der Waals surface area contributed by atoms with Gasteiger partial charge in [-0.05, 0) is 335 Å². The first kappa shape index (κ1) is 74.2. The minimum atomic E-state index is 0.729. The second-order valence-corrected chi connectivity index (χ2v) is 36.5. The number of nitrogens with zero attached hydrogens (tertiary/aromatic N) is 3. The minimum Gasteiger partial charge on any atom is -0.456 e. The number of benzene rings is 16. The van der Waals surface area contributed by atoms with E-state index in [-0.39, 0.29) is 0 Å². The Morgan fingerprint density at radius 3 is 0.823 bits per heavy atom. The van der Waals surface area contributed by atoms with E-state index in [0.29, 0.717) is 0 Å². The van der Waals surface area contributed by atoms with Gasteiger partial charge in [-0.1, -0.05) is 250 Å². The van der Waals surface area contributed by atoms with Gasteiger partial charge in [0.25, 0.3) is 0 Å². The second-order valence-electron chi connectivity index (χ2n) is 36.5. The highest BCUT2D eigenvalue weighted by Gasteiger charge is 2.43. The average Bonchev–Trinajstić information content (AvgIpc) is 1.59. The molecule has 6 fully saturated rings. The molecule has 7 aliphatic carbocycles.